The second kappa shape index (κ2) is 4.58. The van der Waals surface area contributed by atoms with Gasteiger partial charge in [0.2, 0.25) is 11.8 Å². The first kappa shape index (κ1) is 13.1. The lowest BCUT2D eigenvalue weighted by molar-refractivity contribution is -0.141. The smallest absolute Gasteiger partial charge is 0.233 e. The number of hydrogen-bond acceptors (Lipinski definition) is 3. The van der Waals surface area contributed by atoms with Crippen LogP contribution in [0.1, 0.15) is 25.3 Å². The zero-order valence-electron chi connectivity index (χ0n) is 11.3. The molecule has 4 nitrogen and oxygen atoms in total. The van der Waals surface area contributed by atoms with E-state index in [9.17, 15) is 14.0 Å². The minimum Gasteiger partial charge on any atom is -0.398 e. The van der Waals surface area contributed by atoms with Crippen LogP contribution in [-0.2, 0) is 16.1 Å². The fourth-order valence-electron chi connectivity index (χ4n) is 3.38. The third kappa shape index (κ3) is 1.97. The van der Waals surface area contributed by atoms with Crippen LogP contribution in [0.2, 0.25) is 0 Å². The molecule has 0 bridgehead atoms. The maximum absolute atomic E-state index is 13.0. The lowest BCUT2D eigenvalue weighted by Gasteiger charge is -2.18. The standard InChI is InChI=1S/C15H17FN2O2/c1-8-4-11-12(5-8)15(20)18(14(11)19)7-9-2-3-10(16)6-13(9)17/h2-3,6,8,11-12H,4-5,7,17H2,1H3. The quantitative estimate of drug-likeness (QED) is 0.663. The van der Waals surface area contributed by atoms with Gasteiger partial charge in [-0.3, -0.25) is 14.5 Å². The Labute approximate surface area is 116 Å². The highest BCUT2D eigenvalue weighted by atomic mass is 19.1. The molecule has 0 radical (unpaired) electrons. The third-order valence-corrected chi connectivity index (χ3v) is 4.40. The van der Waals surface area contributed by atoms with E-state index >= 15 is 0 Å². The molecule has 1 aliphatic carbocycles. The van der Waals surface area contributed by atoms with Crippen molar-refractivity contribution < 1.29 is 14.0 Å². The molecule has 1 saturated carbocycles. The molecule has 1 aliphatic heterocycles. The Kier molecular flexibility index (Phi) is 3.00. The minimum absolute atomic E-state index is 0.104. The van der Waals surface area contributed by atoms with Gasteiger partial charge >= 0.3 is 0 Å². The number of carbonyl (C=O) groups excluding carboxylic acids is 2. The first-order chi connectivity index (χ1) is 9.47. The number of fused-ring (bicyclic) bond motifs is 1. The Balaban J connectivity index is 1.82. The van der Waals surface area contributed by atoms with E-state index in [1.807, 2.05) is 0 Å². The van der Waals surface area contributed by atoms with Crippen molar-refractivity contribution in [1.29, 1.82) is 0 Å². The van der Waals surface area contributed by atoms with Crippen molar-refractivity contribution in [3.63, 3.8) is 0 Å². The Morgan fingerprint density at radius 2 is 1.85 bits per heavy atom. The van der Waals surface area contributed by atoms with Crippen molar-refractivity contribution in [1.82, 2.24) is 4.90 Å². The maximum Gasteiger partial charge on any atom is 0.233 e. The lowest BCUT2D eigenvalue weighted by Crippen LogP contribution is -2.32. The van der Waals surface area contributed by atoms with Crippen LogP contribution >= 0.6 is 0 Å². The third-order valence-electron chi connectivity index (χ3n) is 4.40. The summed E-state index contributed by atoms with van der Waals surface area (Å²) in [6.45, 7) is 2.21. The molecule has 106 valence electrons. The normalized spacial score (nSPS) is 29.1. The van der Waals surface area contributed by atoms with E-state index in [4.69, 9.17) is 5.73 Å². The number of amides is 2. The Hall–Kier alpha value is -1.91. The summed E-state index contributed by atoms with van der Waals surface area (Å²) in [5.74, 6) is -0.536. The molecule has 1 aromatic rings. The van der Waals surface area contributed by atoms with Gasteiger partial charge in [0.15, 0.2) is 0 Å². The van der Waals surface area contributed by atoms with Crippen LogP contribution in [-0.4, -0.2) is 16.7 Å². The van der Waals surface area contributed by atoms with E-state index in [1.165, 1.54) is 23.1 Å². The summed E-state index contributed by atoms with van der Waals surface area (Å²) in [6.07, 6.45) is 1.56. The van der Waals surface area contributed by atoms with E-state index in [0.717, 1.165) is 12.8 Å². The van der Waals surface area contributed by atoms with Crippen LogP contribution in [0.5, 0.6) is 0 Å². The van der Waals surface area contributed by atoms with Crippen molar-refractivity contribution in [2.24, 2.45) is 17.8 Å². The summed E-state index contributed by atoms with van der Waals surface area (Å²) in [4.78, 5) is 25.9. The van der Waals surface area contributed by atoms with Crippen LogP contribution in [0, 0.1) is 23.6 Å². The van der Waals surface area contributed by atoms with E-state index in [2.05, 4.69) is 6.92 Å². The zero-order valence-corrected chi connectivity index (χ0v) is 11.3. The Morgan fingerprint density at radius 1 is 1.25 bits per heavy atom. The number of likely N-dealkylation sites (tertiary alicyclic amines) is 1. The van der Waals surface area contributed by atoms with Crippen molar-refractivity contribution in [3.8, 4) is 0 Å². The molecular weight excluding hydrogens is 259 g/mol. The summed E-state index contributed by atoms with van der Waals surface area (Å²) in [5.41, 5.74) is 6.63. The highest BCUT2D eigenvalue weighted by Crippen LogP contribution is 2.43. The van der Waals surface area contributed by atoms with Gasteiger partial charge in [0, 0.05) is 5.69 Å². The largest absolute Gasteiger partial charge is 0.398 e. The number of nitrogen functional groups attached to an aromatic ring is 1. The fraction of sp³-hybridized carbons (Fsp3) is 0.467. The van der Waals surface area contributed by atoms with Crippen molar-refractivity contribution in [2.75, 3.05) is 5.73 Å². The molecule has 1 saturated heterocycles. The zero-order chi connectivity index (χ0) is 14.4. The minimum atomic E-state index is -0.420. The van der Waals surface area contributed by atoms with Crippen LogP contribution in [0.4, 0.5) is 10.1 Å². The van der Waals surface area contributed by atoms with Gasteiger partial charge in [-0.25, -0.2) is 4.39 Å². The number of rotatable bonds is 2. The van der Waals surface area contributed by atoms with E-state index < -0.39 is 5.82 Å². The monoisotopic (exact) mass is 276 g/mol. The van der Waals surface area contributed by atoms with Gasteiger partial charge in [-0.15, -0.1) is 0 Å². The number of imide groups is 1. The highest BCUT2D eigenvalue weighted by Gasteiger charge is 2.51. The number of carbonyl (C=O) groups is 2. The molecule has 2 N–H and O–H groups in total. The van der Waals surface area contributed by atoms with Crippen LogP contribution in [0.3, 0.4) is 0 Å². The molecule has 1 heterocycles. The molecule has 20 heavy (non-hydrogen) atoms. The summed E-state index contributed by atoms with van der Waals surface area (Å²) < 4.78 is 13.0. The van der Waals surface area contributed by atoms with Crippen LogP contribution in [0.25, 0.3) is 0 Å². The van der Waals surface area contributed by atoms with Gasteiger partial charge in [0.05, 0.1) is 18.4 Å². The van der Waals surface area contributed by atoms with Crippen LogP contribution in [0.15, 0.2) is 18.2 Å². The predicted octanol–water partition coefficient (Wildman–Crippen LogP) is 1.94. The fourth-order valence-corrected chi connectivity index (χ4v) is 3.38. The molecule has 2 amide bonds. The number of hydrogen-bond donors (Lipinski definition) is 1. The number of halogens is 1. The van der Waals surface area contributed by atoms with Crippen molar-refractivity contribution >= 4 is 17.5 Å². The predicted molar refractivity (Wildman–Crippen MR) is 71.7 cm³/mol. The molecule has 2 unspecified atom stereocenters. The molecule has 5 heteroatoms. The van der Waals surface area contributed by atoms with Gasteiger partial charge < -0.3 is 5.73 Å². The molecule has 0 aromatic heterocycles. The number of anilines is 1. The molecule has 2 aliphatic rings. The topological polar surface area (TPSA) is 63.4 Å². The number of nitrogens with zero attached hydrogens (tertiary/aromatic N) is 1. The molecule has 3 rings (SSSR count). The van der Waals surface area contributed by atoms with E-state index in [-0.39, 0.29) is 35.9 Å². The number of benzene rings is 1. The summed E-state index contributed by atoms with van der Waals surface area (Å²) in [6, 6.07) is 4.03. The molecule has 2 atom stereocenters. The molecule has 2 fully saturated rings. The summed E-state index contributed by atoms with van der Waals surface area (Å²) in [7, 11) is 0. The first-order valence-electron chi connectivity index (χ1n) is 6.86. The average molecular weight is 276 g/mol. The Bertz CT molecular complexity index is 563. The van der Waals surface area contributed by atoms with Gasteiger partial charge in [-0.1, -0.05) is 13.0 Å². The van der Waals surface area contributed by atoms with Gasteiger partial charge in [-0.05, 0) is 36.5 Å². The van der Waals surface area contributed by atoms with Gasteiger partial charge in [-0.2, -0.15) is 0 Å². The Morgan fingerprint density at radius 3 is 2.40 bits per heavy atom. The maximum atomic E-state index is 13.0. The van der Waals surface area contributed by atoms with Gasteiger partial charge in [0.25, 0.3) is 0 Å². The van der Waals surface area contributed by atoms with E-state index in [0.29, 0.717) is 11.5 Å². The summed E-state index contributed by atoms with van der Waals surface area (Å²) in [5, 5.41) is 0. The highest BCUT2D eigenvalue weighted by molar-refractivity contribution is 6.05. The molecule has 0 spiro atoms. The van der Waals surface area contributed by atoms with Crippen molar-refractivity contribution in [3.05, 3.63) is 29.6 Å². The average Bonchev–Trinajstić information content (AvgIpc) is 2.86. The SMILES string of the molecule is CC1CC2C(=O)N(Cc3ccc(F)cc3N)C(=O)C2C1. The van der Waals surface area contributed by atoms with Gasteiger partial charge in [0.1, 0.15) is 5.82 Å². The molecular formula is C15H17FN2O2. The lowest BCUT2D eigenvalue weighted by atomic mass is 10.00. The second-order valence-electron chi connectivity index (χ2n) is 5.90. The second-order valence-corrected chi connectivity index (χ2v) is 5.90. The first-order valence-corrected chi connectivity index (χ1v) is 6.86. The number of nitrogens with two attached hydrogens (primary N) is 1. The van der Waals surface area contributed by atoms with Crippen molar-refractivity contribution in [2.45, 2.75) is 26.3 Å². The molecule has 1 aromatic carbocycles. The summed E-state index contributed by atoms with van der Waals surface area (Å²) >= 11 is 0. The van der Waals surface area contributed by atoms with E-state index in [1.54, 1.807) is 0 Å². The van der Waals surface area contributed by atoms with Crippen LogP contribution < -0.4 is 5.73 Å².